The maximum atomic E-state index is 12.3. The van der Waals surface area contributed by atoms with E-state index in [4.69, 9.17) is 0 Å². The van der Waals surface area contributed by atoms with Crippen molar-refractivity contribution in [2.45, 2.75) is 63.5 Å². The molecule has 2 N–H and O–H groups in total. The third-order valence-electron chi connectivity index (χ3n) is 5.77. The predicted octanol–water partition coefficient (Wildman–Crippen LogP) is 3.27. The first-order chi connectivity index (χ1) is 12.2. The molecular weight excluding hydrogens is 312 g/mol. The summed E-state index contributed by atoms with van der Waals surface area (Å²) in [7, 11) is 0. The first kappa shape index (κ1) is 18.4. The number of carbonyl (C=O) groups excluding carboxylic acids is 1. The second-order valence-electron chi connectivity index (χ2n) is 7.78. The van der Waals surface area contributed by atoms with Gasteiger partial charge in [0.25, 0.3) is 0 Å². The molecule has 3 rings (SSSR count). The lowest BCUT2D eigenvalue weighted by atomic mass is 9.86. The van der Waals surface area contributed by atoms with Crippen LogP contribution in [0.15, 0.2) is 30.3 Å². The molecule has 4 heteroatoms. The lowest BCUT2D eigenvalue weighted by Crippen LogP contribution is -2.45. The van der Waals surface area contributed by atoms with Gasteiger partial charge in [-0.3, -0.25) is 4.79 Å². The highest BCUT2D eigenvalue weighted by molar-refractivity contribution is 5.76. The largest absolute Gasteiger partial charge is 0.387 e. The van der Waals surface area contributed by atoms with E-state index in [2.05, 4.69) is 10.2 Å². The fourth-order valence-electron chi connectivity index (χ4n) is 4.23. The van der Waals surface area contributed by atoms with Crippen molar-refractivity contribution < 1.29 is 9.90 Å². The number of benzene rings is 1. The van der Waals surface area contributed by atoms with E-state index < -0.39 is 6.10 Å². The molecule has 1 amide bonds. The van der Waals surface area contributed by atoms with Crippen LogP contribution in [0.3, 0.4) is 0 Å². The van der Waals surface area contributed by atoms with Gasteiger partial charge in [-0.15, -0.1) is 0 Å². The van der Waals surface area contributed by atoms with Crippen LogP contribution in [0.1, 0.15) is 63.0 Å². The first-order valence-corrected chi connectivity index (χ1v) is 9.95. The molecule has 0 unspecified atom stereocenters. The van der Waals surface area contributed by atoms with Crippen LogP contribution in [0.4, 0.5) is 0 Å². The SMILES string of the molecule is O=C(CC1CCCCC1)NC1CCN(C[C@@H](O)c2ccccc2)CC1. The molecule has 1 saturated carbocycles. The Kier molecular flexibility index (Phi) is 6.88. The minimum atomic E-state index is -0.432. The van der Waals surface area contributed by atoms with Crippen molar-refractivity contribution in [1.29, 1.82) is 0 Å². The summed E-state index contributed by atoms with van der Waals surface area (Å²) in [5.74, 6) is 0.851. The fraction of sp³-hybridized carbons (Fsp3) is 0.667. The molecule has 1 saturated heterocycles. The second-order valence-corrected chi connectivity index (χ2v) is 7.78. The quantitative estimate of drug-likeness (QED) is 0.833. The van der Waals surface area contributed by atoms with Crippen molar-refractivity contribution in [2.24, 2.45) is 5.92 Å². The van der Waals surface area contributed by atoms with Gasteiger partial charge in [0.2, 0.25) is 5.91 Å². The fourth-order valence-corrected chi connectivity index (χ4v) is 4.23. The minimum Gasteiger partial charge on any atom is -0.387 e. The molecule has 2 aliphatic rings. The Morgan fingerprint density at radius 1 is 1.08 bits per heavy atom. The van der Waals surface area contributed by atoms with E-state index >= 15 is 0 Å². The average Bonchev–Trinajstić information content (AvgIpc) is 2.65. The van der Waals surface area contributed by atoms with Gasteiger partial charge < -0.3 is 15.3 Å². The molecule has 1 aromatic carbocycles. The van der Waals surface area contributed by atoms with E-state index in [9.17, 15) is 9.90 Å². The summed E-state index contributed by atoms with van der Waals surface area (Å²) in [5.41, 5.74) is 0.977. The zero-order valence-electron chi connectivity index (χ0n) is 15.2. The maximum absolute atomic E-state index is 12.3. The smallest absolute Gasteiger partial charge is 0.220 e. The molecule has 0 aromatic heterocycles. The summed E-state index contributed by atoms with van der Waals surface area (Å²) in [6, 6.07) is 10.2. The van der Waals surface area contributed by atoms with Gasteiger partial charge in [-0.1, -0.05) is 49.6 Å². The monoisotopic (exact) mass is 344 g/mol. The van der Waals surface area contributed by atoms with Gasteiger partial charge in [-0.2, -0.15) is 0 Å². The van der Waals surface area contributed by atoms with Crippen molar-refractivity contribution in [3.63, 3.8) is 0 Å². The molecular formula is C21H32N2O2. The third-order valence-corrected chi connectivity index (χ3v) is 5.77. The molecule has 0 spiro atoms. The Bertz CT molecular complexity index is 520. The molecule has 25 heavy (non-hydrogen) atoms. The lowest BCUT2D eigenvalue weighted by Gasteiger charge is -2.34. The maximum Gasteiger partial charge on any atom is 0.220 e. The number of hydrogen-bond acceptors (Lipinski definition) is 3. The second kappa shape index (κ2) is 9.35. The Hall–Kier alpha value is -1.39. The lowest BCUT2D eigenvalue weighted by molar-refractivity contribution is -0.123. The topological polar surface area (TPSA) is 52.6 Å². The number of aliphatic hydroxyl groups is 1. The van der Waals surface area contributed by atoms with E-state index in [1.807, 2.05) is 30.3 Å². The Balaban J connectivity index is 1.36. The average molecular weight is 344 g/mol. The number of nitrogens with zero attached hydrogens (tertiary/aromatic N) is 1. The van der Waals surface area contributed by atoms with Crippen LogP contribution >= 0.6 is 0 Å². The zero-order chi connectivity index (χ0) is 17.5. The molecule has 2 fully saturated rings. The molecule has 1 heterocycles. The highest BCUT2D eigenvalue weighted by atomic mass is 16.3. The molecule has 1 atom stereocenters. The van der Waals surface area contributed by atoms with Crippen LogP contribution in [0.25, 0.3) is 0 Å². The first-order valence-electron chi connectivity index (χ1n) is 9.95. The standard InChI is InChI=1S/C21H32N2O2/c24-20(18-9-5-2-6-10-18)16-23-13-11-19(12-14-23)22-21(25)15-17-7-3-1-4-8-17/h2,5-6,9-10,17,19-20,24H,1,3-4,7-8,11-16H2,(H,22,25)/t20-/m1/s1. The molecule has 4 nitrogen and oxygen atoms in total. The van der Waals surface area contributed by atoms with Crippen molar-refractivity contribution in [1.82, 2.24) is 10.2 Å². The summed E-state index contributed by atoms with van der Waals surface area (Å²) in [6.45, 7) is 2.56. The van der Waals surface area contributed by atoms with E-state index in [1.165, 1.54) is 32.1 Å². The van der Waals surface area contributed by atoms with Crippen molar-refractivity contribution in [3.05, 3.63) is 35.9 Å². The number of carbonyl (C=O) groups is 1. The zero-order valence-corrected chi connectivity index (χ0v) is 15.2. The molecule has 1 aliphatic carbocycles. The minimum absolute atomic E-state index is 0.245. The molecule has 1 aliphatic heterocycles. The predicted molar refractivity (Wildman–Crippen MR) is 100 cm³/mol. The van der Waals surface area contributed by atoms with Gasteiger partial charge in [0, 0.05) is 32.1 Å². The van der Waals surface area contributed by atoms with E-state index in [0.717, 1.165) is 31.5 Å². The number of amides is 1. The van der Waals surface area contributed by atoms with Crippen LogP contribution in [0.5, 0.6) is 0 Å². The highest BCUT2D eigenvalue weighted by Gasteiger charge is 2.24. The number of piperidine rings is 1. The van der Waals surface area contributed by atoms with Crippen molar-refractivity contribution >= 4 is 5.91 Å². The molecule has 0 bridgehead atoms. The van der Waals surface area contributed by atoms with Crippen LogP contribution in [0.2, 0.25) is 0 Å². The summed E-state index contributed by atoms with van der Waals surface area (Å²) < 4.78 is 0. The van der Waals surface area contributed by atoms with Gasteiger partial charge >= 0.3 is 0 Å². The number of rotatable bonds is 6. The Morgan fingerprint density at radius 3 is 2.44 bits per heavy atom. The van der Waals surface area contributed by atoms with Crippen LogP contribution in [-0.2, 0) is 4.79 Å². The third kappa shape index (κ3) is 5.82. The summed E-state index contributed by atoms with van der Waals surface area (Å²) in [6.07, 6.45) is 8.62. The van der Waals surface area contributed by atoms with Crippen molar-refractivity contribution in [2.75, 3.05) is 19.6 Å². The molecule has 1 aromatic rings. The van der Waals surface area contributed by atoms with Gasteiger partial charge in [-0.05, 0) is 37.2 Å². The van der Waals surface area contributed by atoms with Crippen molar-refractivity contribution in [3.8, 4) is 0 Å². The van der Waals surface area contributed by atoms with Gasteiger partial charge in [0.1, 0.15) is 0 Å². The Labute approximate surface area is 151 Å². The molecule has 138 valence electrons. The van der Waals surface area contributed by atoms with Gasteiger partial charge in [-0.25, -0.2) is 0 Å². The van der Waals surface area contributed by atoms with Crippen LogP contribution in [-0.4, -0.2) is 41.6 Å². The highest BCUT2D eigenvalue weighted by Crippen LogP contribution is 2.26. The summed E-state index contributed by atoms with van der Waals surface area (Å²) >= 11 is 0. The van der Waals surface area contributed by atoms with E-state index in [1.54, 1.807) is 0 Å². The summed E-state index contributed by atoms with van der Waals surface area (Å²) in [4.78, 5) is 14.6. The van der Waals surface area contributed by atoms with Gasteiger partial charge in [0.05, 0.1) is 6.10 Å². The van der Waals surface area contributed by atoms with Gasteiger partial charge in [0.15, 0.2) is 0 Å². The number of likely N-dealkylation sites (tertiary alicyclic amines) is 1. The van der Waals surface area contributed by atoms with Crippen LogP contribution in [0, 0.1) is 5.92 Å². The van der Waals surface area contributed by atoms with E-state index in [-0.39, 0.29) is 5.91 Å². The van der Waals surface area contributed by atoms with E-state index in [0.29, 0.717) is 24.9 Å². The summed E-state index contributed by atoms with van der Waals surface area (Å²) in [5, 5.41) is 13.6. The number of hydrogen-bond donors (Lipinski definition) is 2. The number of nitrogens with one attached hydrogen (secondary N) is 1. The molecule has 0 radical (unpaired) electrons. The van der Waals surface area contributed by atoms with Crippen LogP contribution < -0.4 is 5.32 Å². The Morgan fingerprint density at radius 2 is 1.76 bits per heavy atom. The normalized spacial score (nSPS) is 21.8. The number of β-amino-alcohol motifs (C(OH)–C–C–N with tert-alkyl or cyclic N) is 1. The number of aliphatic hydroxyl groups excluding tert-OH is 1.